The molecular weight excluding hydrogens is 128 g/mol. The van der Waals surface area contributed by atoms with Gasteiger partial charge in [0.15, 0.2) is 0 Å². The lowest BCUT2D eigenvalue weighted by Gasteiger charge is -2.07. The summed E-state index contributed by atoms with van der Waals surface area (Å²) < 4.78 is 4.84. The van der Waals surface area contributed by atoms with E-state index in [2.05, 4.69) is 13.1 Å². The molecule has 7 heavy (non-hydrogen) atoms. The van der Waals surface area contributed by atoms with Gasteiger partial charge in [0.2, 0.25) is 0 Å². The highest BCUT2D eigenvalue weighted by atomic mass is 35.5. The predicted molar refractivity (Wildman–Crippen MR) is 35.5 cm³/mol. The molecule has 1 nitrogen and oxygen atoms in total. The first-order chi connectivity index (χ1) is 3.18. The Morgan fingerprint density at radius 3 is 2.00 bits per heavy atom. The van der Waals surface area contributed by atoms with Gasteiger partial charge in [0.05, 0.1) is 8.80 Å². The van der Waals surface area contributed by atoms with Gasteiger partial charge in [-0.25, -0.2) is 0 Å². The van der Waals surface area contributed by atoms with Crippen molar-refractivity contribution < 1.29 is 4.74 Å². The monoisotopic (exact) mass is 138 g/mol. The molecule has 0 N–H and O–H groups in total. The predicted octanol–water partition coefficient (Wildman–Crippen LogP) is 1.22. The van der Waals surface area contributed by atoms with E-state index in [-0.39, 0.29) is 5.19 Å². The molecule has 0 fully saturated rings. The van der Waals surface area contributed by atoms with Crippen LogP contribution >= 0.6 is 11.6 Å². The van der Waals surface area contributed by atoms with Gasteiger partial charge in [-0.1, -0.05) is 24.7 Å². The zero-order chi connectivity index (χ0) is 5.86. The molecule has 3 heteroatoms. The summed E-state index contributed by atoms with van der Waals surface area (Å²) in [6.45, 7) is 4.31. The fraction of sp³-hybridized carbons (Fsp3) is 1.00. The van der Waals surface area contributed by atoms with Gasteiger partial charge in [0.25, 0.3) is 0 Å². The summed E-state index contributed by atoms with van der Waals surface area (Å²) in [4.78, 5) is 0. The van der Waals surface area contributed by atoms with Crippen LogP contribution in [0, 0.1) is 0 Å². The van der Waals surface area contributed by atoms with E-state index in [1.807, 2.05) is 0 Å². The minimum Gasteiger partial charge on any atom is -0.370 e. The maximum Gasteiger partial charge on any atom is 0.114 e. The van der Waals surface area contributed by atoms with Gasteiger partial charge in [-0.3, -0.25) is 0 Å². The molecule has 44 valence electrons. The third kappa shape index (κ3) is 3.09. The van der Waals surface area contributed by atoms with E-state index >= 15 is 0 Å². The normalized spacial score (nSPS) is 15.0. The first kappa shape index (κ1) is 7.47. The quantitative estimate of drug-likeness (QED) is 0.412. The van der Waals surface area contributed by atoms with Crippen molar-refractivity contribution >= 4 is 20.4 Å². The first-order valence-corrected chi connectivity index (χ1v) is 5.76. The Bertz CT molecular complexity index is 49.0. The van der Waals surface area contributed by atoms with Crippen LogP contribution in [-0.4, -0.2) is 21.1 Å². The van der Waals surface area contributed by atoms with Crippen molar-refractivity contribution in [1.29, 1.82) is 0 Å². The second-order valence-corrected chi connectivity index (χ2v) is 5.78. The SMILES string of the molecule is COC(Cl)[SiH](C)C. The summed E-state index contributed by atoms with van der Waals surface area (Å²) in [5.74, 6) is 0. The van der Waals surface area contributed by atoms with Crippen molar-refractivity contribution in [3.05, 3.63) is 0 Å². The topological polar surface area (TPSA) is 9.23 Å². The highest BCUT2D eigenvalue weighted by molar-refractivity contribution is 6.66. The zero-order valence-electron chi connectivity index (χ0n) is 4.94. The summed E-state index contributed by atoms with van der Waals surface area (Å²) in [5, 5.41) is 0.0139. The number of ether oxygens (including phenoxy) is 1. The molecule has 1 atom stereocenters. The van der Waals surface area contributed by atoms with E-state index in [0.717, 1.165) is 0 Å². The Kier molecular flexibility index (Phi) is 3.70. The number of rotatable bonds is 2. The second kappa shape index (κ2) is 3.47. The van der Waals surface area contributed by atoms with Gasteiger partial charge < -0.3 is 4.74 Å². The van der Waals surface area contributed by atoms with Crippen LogP contribution in [0.25, 0.3) is 0 Å². The number of methoxy groups -OCH3 is 1. The van der Waals surface area contributed by atoms with Crippen LogP contribution in [0.15, 0.2) is 0 Å². The molecule has 0 radical (unpaired) electrons. The average Bonchev–Trinajstić information content (AvgIpc) is 1.65. The van der Waals surface area contributed by atoms with Crippen molar-refractivity contribution in [2.75, 3.05) is 7.11 Å². The van der Waals surface area contributed by atoms with Crippen LogP contribution in [0.2, 0.25) is 13.1 Å². The van der Waals surface area contributed by atoms with E-state index in [1.165, 1.54) is 0 Å². The van der Waals surface area contributed by atoms with Gasteiger partial charge in [-0.05, 0) is 0 Å². The van der Waals surface area contributed by atoms with Crippen molar-refractivity contribution in [3.63, 3.8) is 0 Å². The minimum atomic E-state index is -0.721. The molecule has 0 spiro atoms. The van der Waals surface area contributed by atoms with Crippen molar-refractivity contribution in [3.8, 4) is 0 Å². The summed E-state index contributed by atoms with van der Waals surface area (Å²) in [6.07, 6.45) is 0. The molecule has 0 rings (SSSR count). The van der Waals surface area contributed by atoms with Gasteiger partial charge >= 0.3 is 0 Å². The van der Waals surface area contributed by atoms with Gasteiger partial charge in [0, 0.05) is 7.11 Å². The molecule has 1 unspecified atom stereocenters. The third-order valence-electron chi connectivity index (χ3n) is 0.749. The number of alkyl halides is 1. The fourth-order valence-electron chi connectivity index (χ4n) is 0.272. The Morgan fingerprint density at radius 2 is 2.00 bits per heavy atom. The molecule has 0 aliphatic carbocycles. The molecule has 0 aromatic carbocycles. The minimum absolute atomic E-state index is 0.0139. The van der Waals surface area contributed by atoms with Crippen LogP contribution in [0.1, 0.15) is 0 Å². The number of hydrogen-bond donors (Lipinski definition) is 0. The lowest BCUT2D eigenvalue weighted by atomic mass is 11.5. The molecule has 0 aromatic rings. The molecule has 0 saturated heterocycles. The van der Waals surface area contributed by atoms with Gasteiger partial charge in [-0.2, -0.15) is 0 Å². The highest BCUT2D eigenvalue weighted by Gasteiger charge is 2.06. The third-order valence-corrected chi connectivity index (χ3v) is 3.76. The average molecular weight is 139 g/mol. The van der Waals surface area contributed by atoms with E-state index in [1.54, 1.807) is 7.11 Å². The largest absolute Gasteiger partial charge is 0.370 e. The first-order valence-electron chi connectivity index (χ1n) is 2.35. The van der Waals surface area contributed by atoms with E-state index in [4.69, 9.17) is 16.3 Å². The van der Waals surface area contributed by atoms with E-state index < -0.39 is 8.80 Å². The molecular formula is C4H11ClOSi. The molecule has 0 bridgehead atoms. The van der Waals surface area contributed by atoms with Crippen LogP contribution in [0.5, 0.6) is 0 Å². The Labute approximate surface area is 51.2 Å². The maximum absolute atomic E-state index is 5.64. The van der Waals surface area contributed by atoms with Gasteiger partial charge in [-0.15, -0.1) is 0 Å². The number of hydrogen-bond acceptors (Lipinski definition) is 1. The van der Waals surface area contributed by atoms with Crippen LogP contribution in [0.4, 0.5) is 0 Å². The Hall–Kier alpha value is 0.467. The summed E-state index contributed by atoms with van der Waals surface area (Å²) >= 11 is 5.64. The fourth-order valence-corrected chi connectivity index (χ4v) is 0.816. The molecule has 0 amide bonds. The van der Waals surface area contributed by atoms with E-state index in [0.29, 0.717) is 0 Å². The van der Waals surface area contributed by atoms with Gasteiger partial charge in [0.1, 0.15) is 5.19 Å². The molecule has 0 saturated carbocycles. The summed E-state index contributed by atoms with van der Waals surface area (Å²) in [7, 11) is 0.922. The van der Waals surface area contributed by atoms with Crippen LogP contribution < -0.4 is 0 Å². The van der Waals surface area contributed by atoms with Crippen molar-refractivity contribution in [1.82, 2.24) is 0 Å². The summed E-state index contributed by atoms with van der Waals surface area (Å²) in [6, 6.07) is 0. The molecule has 0 aliphatic rings. The highest BCUT2D eigenvalue weighted by Crippen LogP contribution is 1.99. The Balaban J connectivity index is 3.14. The number of halogens is 1. The lowest BCUT2D eigenvalue weighted by molar-refractivity contribution is 0.220. The second-order valence-electron chi connectivity index (χ2n) is 1.83. The summed E-state index contributed by atoms with van der Waals surface area (Å²) in [5.41, 5.74) is 0. The molecule has 0 aromatic heterocycles. The zero-order valence-corrected chi connectivity index (χ0v) is 6.85. The lowest BCUT2D eigenvalue weighted by Crippen LogP contribution is -2.19. The van der Waals surface area contributed by atoms with Crippen molar-refractivity contribution in [2.24, 2.45) is 0 Å². The molecule has 0 heterocycles. The van der Waals surface area contributed by atoms with Crippen LogP contribution in [-0.2, 0) is 4.74 Å². The smallest absolute Gasteiger partial charge is 0.114 e. The van der Waals surface area contributed by atoms with E-state index in [9.17, 15) is 0 Å². The van der Waals surface area contributed by atoms with Crippen LogP contribution in [0.3, 0.4) is 0 Å². The molecule has 0 aliphatic heterocycles. The maximum atomic E-state index is 5.64. The Morgan fingerprint density at radius 1 is 1.57 bits per heavy atom. The standard InChI is InChI=1S/C4H11ClOSi/c1-6-4(5)7(2)3/h4,7H,1-3H3. The van der Waals surface area contributed by atoms with Crippen molar-refractivity contribution in [2.45, 2.75) is 18.3 Å².